The summed E-state index contributed by atoms with van der Waals surface area (Å²) in [5.41, 5.74) is 8.71. The van der Waals surface area contributed by atoms with E-state index in [2.05, 4.69) is 32.4 Å². The fraction of sp³-hybridized carbons (Fsp3) is 0.375. The van der Waals surface area contributed by atoms with Crippen LogP contribution in [0.3, 0.4) is 0 Å². The Bertz CT molecular complexity index is 978. The van der Waals surface area contributed by atoms with Crippen LogP contribution in [0.25, 0.3) is 11.0 Å². The van der Waals surface area contributed by atoms with Crippen LogP contribution in [-0.2, 0) is 6.54 Å². The van der Waals surface area contributed by atoms with Crippen LogP contribution in [0.4, 0.5) is 5.82 Å². The second-order valence-corrected chi connectivity index (χ2v) is 5.92. The third-order valence-corrected chi connectivity index (χ3v) is 4.16. The molecule has 9 nitrogen and oxygen atoms in total. The first kappa shape index (κ1) is 15.6. The largest absolute Gasteiger partial charge is 0.476 e. The molecule has 0 radical (unpaired) electrons. The van der Waals surface area contributed by atoms with Gasteiger partial charge in [-0.25, -0.2) is 4.79 Å². The van der Waals surface area contributed by atoms with Gasteiger partial charge < -0.3 is 15.8 Å². The molecule has 3 heterocycles. The van der Waals surface area contributed by atoms with Crippen molar-refractivity contribution in [1.82, 2.24) is 30.3 Å². The van der Waals surface area contributed by atoms with Gasteiger partial charge in [0.25, 0.3) is 0 Å². The van der Waals surface area contributed by atoms with Gasteiger partial charge in [-0.15, -0.1) is 0 Å². The van der Waals surface area contributed by atoms with E-state index in [-0.39, 0.29) is 17.7 Å². The van der Waals surface area contributed by atoms with Crippen molar-refractivity contribution in [2.45, 2.75) is 25.9 Å². The molecule has 1 unspecified atom stereocenters. The highest BCUT2D eigenvalue weighted by Crippen LogP contribution is 2.35. The molecule has 1 atom stereocenters. The minimum atomic E-state index is -0.524. The molecule has 1 aromatic carbocycles. The summed E-state index contributed by atoms with van der Waals surface area (Å²) in [6.45, 7) is 3.83. The average Bonchev–Trinajstić information content (AvgIpc) is 2.87. The zero-order valence-electron chi connectivity index (χ0n) is 13.8. The second-order valence-electron chi connectivity index (χ2n) is 5.92. The SMILES string of the molecule is CCCn1nc2cccc(C3NCCOc4nc(=O)[nH]c(N)c43)c2n1. The lowest BCUT2D eigenvalue weighted by molar-refractivity contribution is 0.312. The van der Waals surface area contributed by atoms with Gasteiger partial charge in [0.1, 0.15) is 23.5 Å². The van der Waals surface area contributed by atoms with E-state index in [9.17, 15) is 4.79 Å². The topological polar surface area (TPSA) is 124 Å². The standard InChI is InChI=1S/C16H19N7O2/c1-2-7-23-21-10-5-3-4-9(12(10)22-23)13-11-14(17)19-16(24)20-15(11)25-8-6-18-13/h3-5,13,18H,2,6-8H2,1H3,(H3,17,19,20,24). The van der Waals surface area contributed by atoms with Crippen LogP contribution in [0.15, 0.2) is 23.0 Å². The number of aromatic nitrogens is 5. The van der Waals surface area contributed by atoms with Crippen molar-refractivity contribution < 1.29 is 4.74 Å². The summed E-state index contributed by atoms with van der Waals surface area (Å²) in [5, 5.41) is 12.5. The number of aryl methyl sites for hydroxylation is 1. The van der Waals surface area contributed by atoms with E-state index in [4.69, 9.17) is 10.5 Å². The van der Waals surface area contributed by atoms with Crippen LogP contribution in [0.2, 0.25) is 0 Å². The quantitative estimate of drug-likeness (QED) is 0.636. The zero-order chi connectivity index (χ0) is 17.4. The number of nitrogens with two attached hydrogens (primary N) is 1. The number of ether oxygens (including phenoxy) is 1. The summed E-state index contributed by atoms with van der Waals surface area (Å²) in [5.74, 6) is 0.501. The number of rotatable bonds is 3. The Hall–Kier alpha value is -2.94. The number of nitrogen functional groups attached to an aromatic ring is 1. The Labute approximate surface area is 143 Å². The number of nitrogens with one attached hydrogen (secondary N) is 2. The van der Waals surface area contributed by atoms with Gasteiger partial charge in [-0.05, 0) is 12.5 Å². The number of aromatic amines is 1. The Morgan fingerprint density at radius 1 is 1.40 bits per heavy atom. The third-order valence-electron chi connectivity index (χ3n) is 4.16. The number of hydrogen-bond donors (Lipinski definition) is 3. The highest BCUT2D eigenvalue weighted by molar-refractivity contribution is 5.79. The molecule has 1 aliphatic rings. The fourth-order valence-electron chi connectivity index (χ4n) is 3.12. The molecular weight excluding hydrogens is 322 g/mol. The maximum atomic E-state index is 11.6. The normalized spacial score (nSPS) is 17.1. The van der Waals surface area contributed by atoms with Crippen LogP contribution in [0.5, 0.6) is 5.88 Å². The number of benzene rings is 1. The smallest absolute Gasteiger partial charge is 0.349 e. The molecule has 2 aromatic heterocycles. The molecule has 0 saturated carbocycles. The number of hydrogen-bond acceptors (Lipinski definition) is 7. The lowest BCUT2D eigenvalue weighted by Gasteiger charge is -2.18. The molecule has 4 N–H and O–H groups in total. The Morgan fingerprint density at radius 3 is 3.12 bits per heavy atom. The molecule has 0 amide bonds. The van der Waals surface area contributed by atoms with Crippen molar-refractivity contribution in [3.05, 3.63) is 39.8 Å². The molecule has 0 spiro atoms. The predicted octanol–water partition coefficient (Wildman–Crippen LogP) is 0.578. The average molecular weight is 341 g/mol. The highest BCUT2D eigenvalue weighted by atomic mass is 16.5. The van der Waals surface area contributed by atoms with Gasteiger partial charge >= 0.3 is 5.69 Å². The maximum Gasteiger partial charge on any atom is 0.349 e. The van der Waals surface area contributed by atoms with Crippen molar-refractivity contribution in [2.75, 3.05) is 18.9 Å². The molecule has 0 bridgehead atoms. The molecule has 130 valence electrons. The van der Waals surface area contributed by atoms with Gasteiger partial charge in [0.15, 0.2) is 0 Å². The molecule has 9 heteroatoms. The molecule has 0 saturated heterocycles. The molecule has 25 heavy (non-hydrogen) atoms. The van der Waals surface area contributed by atoms with Crippen molar-refractivity contribution in [3.63, 3.8) is 0 Å². The van der Waals surface area contributed by atoms with E-state index in [0.29, 0.717) is 18.7 Å². The van der Waals surface area contributed by atoms with E-state index in [1.54, 1.807) is 4.80 Å². The highest BCUT2D eigenvalue weighted by Gasteiger charge is 2.28. The van der Waals surface area contributed by atoms with Gasteiger partial charge in [-0.2, -0.15) is 20.0 Å². The van der Waals surface area contributed by atoms with Gasteiger partial charge in [0.05, 0.1) is 18.2 Å². The number of nitrogens with zero attached hydrogens (tertiary/aromatic N) is 4. The predicted molar refractivity (Wildman–Crippen MR) is 92.4 cm³/mol. The van der Waals surface area contributed by atoms with Gasteiger partial charge in [-0.3, -0.25) is 4.98 Å². The first-order chi connectivity index (χ1) is 12.2. The summed E-state index contributed by atoms with van der Waals surface area (Å²) in [6, 6.07) is 5.55. The monoisotopic (exact) mass is 341 g/mol. The summed E-state index contributed by atoms with van der Waals surface area (Å²) < 4.78 is 5.60. The summed E-state index contributed by atoms with van der Waals surface area (Å²) in [4.78, 5) is 19.8. The molecule has 3 aromatic rings. The van der Waals surface area contributed by atoms with Crippen molar-refractivity contribution >= 4 is 16.9 Å². The van der Waals surface area contributed by atoms with Gasteiger partial charge in [-0.1, -0.05) is 19.1 Å². The van der Waals surface area contributed by atoms with E-state index in [1.807, 2.05) is 18.2 Å². The van der Waals surface area contributed by atoms with Crippen molar-refractivity contribution in [3.8, 4) is 5.88 Å². The van der Waals surface area contributed by atoms with Crippen LogP contribution >= 0.6 is 0 Å². The molecular formula is C16H19N7O2. The fourth-order valence-corrected chi connectivity index (χ4v) is 3.12. The zero-order valence-corrected chi connectivity index (χ0v) is 13.8. The third kappa shape index (κ3) is 2.72. The molecule has 0 fully saturated rings. The molecule has 4 rings (SSSR count). The van der Waals surface area contributed by atoms with Crippen LogP contribution in [0.1, 0.15) is 30.5 Å². The van der Waals surface area contributed by atoms with E-state index < -0.39 is 5.69 Å². The minimum Gasteiger partial charge on any atom is -0.476 e. The summed E-state index contributed by atoms with van der Waals surface area (Å²) >= 11 is 0. The van der Waals surface area contributed by atoms with E-state index in [0.717, 1.165) is 29.6 Å². The first-order valence-electron chi connectivity index (χ1n) is 8.27. The van der Waals surface area contributed by atoms with Crippen LogP contribution in [-0.4, -0.2) is 38.1 Å². The summed E-state index contributed by atoms with van der Waals surface area (Å²) in [6.07, 6.45) is 0.951. The summed E-state index contributed by atoms with van der Waals surface area (Å²) in [7, 11) is 0. The number of fused-ring (bicyclic) bond motifs is 2. The van der Waals surface area contributed by atoms with Gasteiger partial charge in [0.2, 0.25) is 5.88 Å². The minimum absolute atomic E-state index is 0.243. The van der Waals surface area contributed by atoms with Crippen LogP contribution < -0.4 is 21.5 Å². The number of anilines is 1. The van der Waals surface area contributed by atoms with Crippen LogP contribution in [0, 0.1) is 0 Å². The van der Waals surface area contributed by atoms with E-state index >= 15 is 0 Å². The van der Waals surface area contributed by atoms with Crippen molar-refractivity contribution in [2.24, 2.45) is 0 Å². The second kappa shape index (κ2) is 6.17. The Morgan fingerprint density at radius 2 is 2.28 bits per heavy atom. The Kier molecular flexibility index (Phi) is 3.85. The van der Waals surface area contributed by atoms with E-state index in [1.165, 1.54) is 0 Å². The van der Waals surface area contributed by atoms with Crippen molar-refractivity contribution in [1.29, 1.82) is 0 Å². The maximum absolute atomic E-state index is 11.6. The number of H-pyrrole nitrogens is 1. The van der Waals surface area contributed by atoms with Gasteiger partial charge in [0, 0.05) is 12.1 Å². The molecule has 1 aliphatic heterocycles. The lowest BCUT2D eigenvalue weighted by Crippen LogP contribution is -2.25. The lowest BCUT2D eigenvalue weighted by atomic mass is 9.98. The molecule has 0 aliphatic carbocycles. The first-order valence-corrected chi connectivity index (χ1v) is 8.27. The Balaban J connectivity index is 1.90.